The molecule has 0 aliphatic rings. The van der Waals surface area contributed by atoms with E-state index in [1.807, 2.05) is 38.1 Å². The lowest BCUT2D eigenvalue weighted by Gasteiger charge is -2.29. The van der Waals surface area contributed by atoms with Gasteiger partial charge in [-0.2, -0.15) is 0 Å². The van der Waals surface area contributed by atoms with Crippen molar-refractivity contribution in [1.29, 1.82) is 0 Å². The summed E-state index contributed by atoms with van der Waals surface area (Å²) >= 11 is 0. The smallest absolute Gasteiger partial charge is 0.243 e. The van der Waals surface area contributed by atoms with Crippen LogP contribution >= 0.6 is 0 Å². The second-order valence-corrected chi connectivity index (χ2v) is 7.62. The molecule has 0 aliphatic carbocycles. The summed E-state index contributed by atoms with van der Waals surface area (Å²) in [4.78, 5) is 40.8. The number of carbonyl (C=O) groups excluding carboxylic acids is 3. The van der Waals surface area contributed by atoms with Crippen molar-refractivity contribution in [3.8, 4) is 5.75 Å². The number of carbonyl (C=O) groups is 3. The number of amides is 3. The number of hydrogen-bond acceptors (Lipinski definition) is 5. The molecule has 172 valence electrons. The van der Waals surface area contributed by atoms with E-state index < -0.39 is 6.04 Å². The largest absolute Gasteiger partial charge is 0.497 e. The number of hydrogen-bond donors (Lipinski definition) is 2. The number of nitrogens with zero attached hydrogens (tertiary/aromatic N) is 2. The number of ether oxygens (including phenoxy) is 1. The van der Waals surface area contributed by atoms with Crippen LogP contribution in [0.15, 0.2) is 48.5 Å². The second-order valence-electron chi connectivity index (χ2n) is 7.62. The van der Waals surface area contributed by atoms with Crippen LogP contribution in [0.25, 0.3) is 0 Å². The molecular weight excluding hydrogens is 408 g/mol. The van der Waals surface area contributed by atoms with E-state index in [2.05, 4.69) is 10.6 Å². The molecule has 0 aliphatic heterocycles. The van der Waals surface area contributed by atoms with Gasteiger partial charge in [0.25, 0.3) is 0 Å². The van der Waals surface area contributed by atoms with E-state index in [-0.39, 0.29) is 30.8 Å². The topological polar surface area (TPSA) is 91.0 Å². The van der Waals surface area contributed by atoms with Crippen molar-refractivity contribution < 1.29 is 19.1 Å². The molecule has 2 N–H and O–H groups in total. The van der Waals surface area contributed by atoms with Crippen molar-refractivity contribution >= 4 is 29.1 Å². The highest BCUT2D eigenvalue weighted by molar-refractivity contribution is 5.95. The van der Waals surface area contributed by atoms with Crippen LogP contribution in [0.1, 0.15) is 19.4 Å². The molecule has 32 heavy (non-hydrogen) atoms. The van der Waals surface area contributed by atoms with Gasteiger partial charge in [-0.3, -0.25) is 19.3 Å². The SMILES string of the molecule is CCN(CC(=O)Nc1ccc(OC)cc1)C(C)C(=O)N(C)CC(=O)Nc1ccc(C)cc1. The highest BCUT2D eigenvalue weighted by atomic mass is 16.5. The number of anilines is 2. The van der Waals surface area contributed by atoms with Crippen molar-refractivity contribution in [2.75, 3.05) is 44.4 Å². The molecular formula is C24H32N4O4. The maximum absolute atomic E-state index is 12.8. The summed E-state index contributed by atoms with van der Waals surface area (Å²) in [6, 6.07) is 13.9. The predicted molar refractivity (Wildman–Crippen MR) is 126 cm³/mol. The van der Waals surface area contributed by atoms with E-state index in [4.69, 9.17) is 4.74 Å². The first-order chi connectivity index (χ1) is 15.2. The molecule has 3 amide bonds. The summed E-state index contributed by atoms with van der Waals surface area (Å²) in [5.41, 5.74) is 2.43. The highest BCUT2D eigenvalue weighted by Gasteiger charge is 2.26. The van der Waals surface area contributed by atoms with Crippen molar-refractivity contribution in [1.82, 2.24) is 9.80 Å². The Bertz CT molecular complexity index is 913. The fraction of sp³-hybridized carbons (Fsp3) is 0.375. The normalized spacial score (nSPS) is 11.6. The van der Waals surface area contributed by atoms with Gasteiger partial charge in [-0.1, -0.05) is 24.6 Å². The lowest BCUT2D eigenvalue weighted by molar-refractivity contribution is -0.138. The number of benzene rings is 2. The fourth-order valence-corrected chi connectivity index (χ4v) is 3.19. The zero-order valence-electron chi connectivity index (χ0n) is 19.3. The van der Waals surface area contributed by atoms with Gasteiger partial charge >= 0.3 is 0 Å². The quantitative estimate of drug-likeness (QED) is 0.593. The van der Waals surface area contributed by atoms with Crippen LogP contribution in [0.5, 0.6) is 5.75 Å². The fourth-order valence-electron chi connectivity index (χ4n) is 3.19. The number of nitrogens with one attached hydrogen (secondary N) is 2. The minimum Gasteiger partial charge on any atom is -0.497 e. The third kappa shape index (κ3) is 7.39. The van der Waals surface area contributed by atoms with Gasteiger partial charge in [-0.05, 0) is 56.8 Å². The maximum atomic E-state index is 12.8. The maximum Gasteiger partial charge on any atom is 0.243 e. The minimum atomic E-state index is -0.557. The van der Waals surface area contributed by atoms with Crippen LogP contribution < -0.4 is 15.4 Å². The number of likely N-dealkylation sites (N-methyl/N-ethyl adjacent to an activating group) is 2. The Morgan fingerprint density at radius 2 is 1.41 bits per heavy atom. The van der Waals surface area contributed by atoms with Gasteiger partial charge in [-0.15, -0.1) is 0 Å². The van der Waals surface area contributed by atoms with Crippen molar-refractivity contribution in [2.24, 2.45) is 0 Å². The third-order valence-electron chi connectivity index (χ3n) is 5.12. The summed E-state index contributed by atoms with van der Waals surface area (Å²) in [6.07, 6.45) is 0. The highest BCUT2D eigenvalue weighted by Crippen LogP contribution is 2.15. The van der Waals surface area contributed by atoms with Gasteiger partial charge in [-0.25, -0.2) is 0 Å². The van der Waals surface area contributed by atoms with Crippen LogP contribution in [-0.4, -0.2) is 67.4 Å². The van der Waals surface area contributed by atoms with E-state index in [1.165, 1.54) is 4.90 Å². The summed E-state index contributed by atoms with van der Waals surface area (Å²) in [5.74, 6) is -0.0383. The lowest BCUT2D eigenvalue weighted by Crippen LogP contribution is -2.49. The molecule has 0 bridgehead atoms. The standard InChI is InChI=1S/C24H32N4O4/c1-6-28(16-23(30)26-20-11-13-21(32-5)14-12-20)18(3)24(31)27(4)15-22(29)25-19-9-7-17(2)8-10-19/h7-14,18H,6,15-16H2,1-5H3,(H,25,29)(H,26,30). The van der Waals surface area contributed by atoms with E-state index in [1.54, 1.807) is 50.2 Å². The number of aryl methyl sites for hydroxylation is 1. The molecule has 2 aromatic carbocycles. The Kier molecular flexibility index (Phi) is 9.22. The predicted octanol–water partition coefficient (Wildman–Crippen LogP) is 2.75. The molecule has 0 spiro atoms. The zero-order valence-corrected chi connectivity index (χ0v) is 19.3. The molecule has 2 rings (SSSR count). The average Bonchev–Trinajstić information content (AvgIpc) is 2.78. The monoisotopic (exact) mass is 440 g/mol. The molecule has 8 heteroatoms. The Morgan fingerprint density at radius 1 is 0.906 bits per heavy atom. The number of rotatable bonds is 10. The third-order valence-corrected chi connectivity index (χ3v) is 5.12. The van der Waals surface area contributed by atoms with Gasteiger partial charge in [0.05, 0.1) is 26.2 Å². The van der Waals surface area contributed by atoms with Gasteiger partial charge in [0, 0.05) is 18.4 Å². The minimum absolute atomic E-state index is 0.0544. The van der Waals surface area contributed by atoms with Crippen LogP contribution in [0.2, 0.25) is 0 Å². The summed E-state index contributed by atoms with van der Waals surface area (Å²) in [5, 5.41) is 5.60. The molecule has 0 saturated carbocycles. The van der Waals surface area contributed by atoms with Crippen LogP contribution in [0, 0.1) is 6.92 Å². The Hall–Kier alpha value is -3.39. The van der Waals surface area contributed by atoms with E-state index in [9.17, 15) is 14.4 Å². The molecule has 0 heterocycles. The van der Waals surface area contributed by atoms with Gasteiger partial charge in [0.15, 0.2) is 0 Å². The molecule has 0 radical (unpaired) electrons. The first kappa shape index (κ1) is 24.9. The average molecular weight is 441 g/mol. The molecule has 1 unspecified atom stereocenters. The lowest BCUT2D eigenvalue weighted by atomic mass is 10.2. The van der Waals surface area contributed by atoms with E-state index in [0.29, 0.717) is 23.7 Å². The number of methoxy groups -OCH3 is 1. The Balaban J connectivity index is 1.88. The van der Waals surface area contributed by atoms with Gasteiger partial charge < -0.3 is 20.3 Å². The van der Waals surface area contributed by atoms with Crippen molar-refractivity contribution in [2.45, 2.75) is 26.8 Å². The van der Waals surface area contributed by atoms with E-state index >= 15 is 0 Å². The Labute approximate surface area is 189 Å². The molecule has 2 aromatic rings. The Morgan fingerprint density at radius 3 is 1.91 bits per heavy atom. The van der Waals surface area contributed by atoms with Crippen molar-refractivity contribution in [3.05, 3.63) is 54.1 Å². The van der Waals surface area contributed by atoms with Crippen LogP contribution in [-0.2, 0) is 14.4 Å². The summed E-state index contributed by atoms with van der Waals surface area (Å²) in [6.45, 7) is 6.07. The molecule has 8 nitrogen and oxygen atoms in total. The molecule has 0 fully saturated rings. The zero-order chi connectivity index (χ0) is 23.7. The summed E-state index contributed by atoms with van der Waals surface area (Å²) < 4.78 is 5.11. The summed E-state index contributed by atoms with van der Waals surface area (Å²) in [7, 11) is 3.16. The van der Waals surface area contributed by atoms with Gasteiger partial charge in [0.1, 0.15) is 5.75 Å². The van der Waals surface area contributed by atoms with Gasteiger partial charge in [0.2, 0.25) is 17.7 Å². The van der Waals surface area contributed by atoms with E-state index in [0.717, 1.165) is 5.56 Å². The van der Waals surface area contributed by atoms with Crippen molar-refractivity contribution in [3.63, 3.8) is 0 Å². The molecule has 0 saturated heterocycles. The van der Waals surface area contributed by atoms with Crippen LogP contribution in [0.3, 0.4) is 0 Å². The second kappa shape index (κ2) is 11.9. The first-order valence-electron chi connectivity index (χ1n) is 10.5. The molecule has 0 aromatic heterocycles. The first-order valence-corrected chi connectivity index (χ1v) is 10.5. The van der Waals surface area contributed by atoms with Crippen LogP contribution in [0.4, 0.5) is 11.4 Å². The molecule has 1 atom stereocenters.